The Morgan fingerprint density at radius 2 is 1.72 bits per heavy atom. The summed E-state index contributed by atoms with van der Waals surface area (Å²) in [4.78, 5) is 27.1. The first-order valence-electron chi connectivity index (χ1n) is 10.2. The van der Waals surface area contributed by atoms with Crippen LogP contribution in [0, 0.1) is 0 Å². The van der Waals surface area contributed by atoms with Gasteiger partial charge in [0.05, 0.1) is 0 Å². The fourth-order valence-electron chi connectivity index (χ4n) is 3.20. The number of likely N-dealkylation sites (N-methyl/N-ethyl adjacent to an activating group) is 1. The molecule has 5 heteroatoms. The molecule has 1 N–H and O–H groups in total. The highest BCUT2D eigenvalue weighted by molar-refractivity contribution is 9.10. The molecule has 0 aliphatic heterocycles. The van der Waals surface area contributed by atoms with Gasteiger partial charge in [0.1, 0.15) is 6.04 Å². The number of nitrogens with one attached hydrogen (secondary N) is 1. The molecule has 0 saturated carbocycles. The molecule has 2 rings (SSSR count). The monoisotopic (exact) mass is 458 g/mol. The maximum Gasteiger partial charge on any atom is 0.242 e. The molecular weight excluding hydrogens is 428 g/mol. The smallest absolute Gasteiger partial charge is 0.242 e. The van der Waals surface area contributed by atoms with Crippen LogP contribution in [0.5, 0.6) is 0 Å². The summed E-state index contributed by atoms with van der Waals surface area (Å²) in [7, 11) is 0. The Hall–Kier alpha value is -2.14. The van der Waals surface area contributed by atoms with Crippen molar-refractivity contribution in [3.63, 3.8) is 0 Å². The summed E-state index contributed by atoms with van der Waals surface area (Å²) < 4.78 is 0.957. The van der Waals surface area contributed by atoms with Crippen LogP contribution in [0.2, 0.25) is 0 Å². The fourth-order valence-corrected chi connectivity index (χ4v) is 3.65. The molecule has 0 aliphatic carbocycles. The standard InChI is InChI=1S/C24H31BrN2O2/c1-5-26-24(29)18(4)27(16-20-7-6-8-22(25)15-20)23(28)14-11-19-9-12-21(13-10-19)17(2)3/h6-10,12-13,15,17-18H,5,11,14,16H2,1-4H3,(H,26,29)/t18-/m1/s1. The van der Waals surface area contributed by atoms with Crippen LogP contribution >= 0.6 is 15.9 Å². The van der Waals surface area contributed by atoms with Gasteiger partial charge in [0.25, 0.3) is 0 Å². The molecule has 0 saturated heterocycles. The largest absolute Gasteiger partial charge is 0.355 e. The van der Waals surface area contributed by atoms with Crippen LogP contribution < -0.4 is 5.32 Å². The zero-order chi connectivity index (χ0) is 21.4. The van der Waals surface area contributed by atoms with Crippen LogP contribution in [0.15, 0.2) is 53.0 Å². The Morgan fingerprint density at radius 3 is 2.31 bits per heavy atom. The van der Waals surface area contributed by atoms with Crippen LogP contribution in [0.25, 0.3) is 0 Å². The van der Waals surface area contributed by atoms with Crippen LogP contribution in [-0.2, 0) is 22.6 Å². The minimum absolute atomic E-state index is 0.0170. The first kappa shape index (κ1) is 23.1. The molecule has 0 spiro atoms. The van der Waals surface area contributed by atoms with Crippen molar-refractivity contribution in [2.75, 3.05) is 6.54 Å². The molecule has 2 aromatic carbocycles. The van der Waals surface area contributed by atoms with E-state index < -0.39 is 6.04 Å². The highest BCUT2D eigenvalue weighted by Gasteiger charge is 2.25. The number of carbonyl (C=O) groups is 2. The maximum atomic E-state index is 13.1. The van der Waals surface area contributed by atoms with E-state index in [2.05, 4.69) is 59.4 Å². The number of amides is 2. The molecule has 156 valence electrons. The van der Waals surface area contributed by atoms with Crippen LogP contribution in [0.3, 0.4) is 0 Å². The first-order valence-corrected chi connectivity index (χ1v) is 11.0. The van der Waals surface area contributed by atoms with Gasteiger partial charge in [0, 0.05) is 24.0 Å². The third-order valence-corrected chi connectivity index (χ3v) is 5.53. The first-order chi connectivity index (χ1) is 13.8. The number of hydrogen-bond acceptors (Lipinski definition) is 2. The van der Waals surface area contributed by atoms with E-state index in [1.165, 1.54) is 5.56 Å². The third kappa shape index (κ3) is 7.00. The molecule has 4 nitrogen and oxygen atoms in total. The van der Waals surface area contributed by atoms with Crippen molar-refractivity contribution < 1.29 is 9.59 Å². The predicted molar refractivity (Wildman–Crippen MR) is 122 cm³/mol. The van der Waals surface area contributed by atoms with E-state index in [0.717, 1.165) is 15.6 Å². The zero-order valence-electron chi connectivity index (χ0n) is 17.7. The van der Waals surface area contributed by atoms with E-state index in [-0.39, 0.29) is 11.8 Å². The molecule has 0 fully saturated rings. The van der Waals surface area contributed by atoms with Crippen LogP contribution in [0.4, 0.5) is 0 Å². The normalized spacial score (nSPS) is 11.9. The van der Waals surface area contributed by atoms with Crippen molar-refractivity contribution in [2.24, 2.45) is 0 Å². The Balaban J connectivity index is 2.11. The van der Waals surface area contributed by atoms with Gasteiger partial charge in [-0.15, -0.1) is 0 Å². The third-order valence-electron chi connectivity index (χ3n) is 5.03. The van der Waals surface area contributed by atoms with Gasteiger partial charge in [0.15, 0.2) is 0 Å². The Bertz CT molecular complexity index is 818. The highest BCUT2D eigenvalue weighted by atomic mass is 79.9. The van der Waals surface area contributed by atoms with Gasteiger partial charge in [-0.1, -0.05) is 66.2 Å². The summed E-state index contributed by atoms with van der Waals surface area (Å²) >= 11 is 3.47. The molecule has 0 bridgehead atoms. The highest BCUT2D eigenvalue weighted by Crippen LogP contribution is 2.18. The molecule has 2 aromatic rings. The van der Waals surface area contributed by atoms with E-state index in [4.69, 9.17) is 0 Å². The van der Waals surface area contributed by atoms with Gasteiger partial charge in [-0.25, -0.2) is 0 Å². The van der Waals surface area contributed by atoms with Gasteiger partial charge in [-0.3, -0.25) is 9.59 Å². The van der Waals surface area contributed by atoms with Crippen molar-refractivity contribution in [1.29, 1.82) is 0 Å². The van der Waals surface area contributed by atoms with Crippen molar-refractivity contribution in [3.8, 4) is 0 Å². The predicted octanol–water partition coefficient (Wildman–Crippen LogP) is 5.06. The minimum Gasteiger partial charge on any atom is -0.355 e. The molecule has 0 aliphatic rings. The average molecular weight is 459 g/mol. The molecule has 0 radical (unpaired) electrons. The van der Waals surface area contributed by atoms with Crippen LogP contribution in [0.1, 0.15) is 56.7 Å². The van der Waals surface area contributed by atoms with Gasteiger partial charge < -0.3 is 10.2 Å². The molecular formula is C24H31BrN2O2. The second-order valence-corrected chi connectivity index (χ2v) is 8.53. The van der Waals surface area contributed by atoms with E-state index in [1.807, 2.05) is 31.2 Å². The number of hydrogen-bond donors (Lipinski definition) is 1. The Morgan fingerprint density at radius 1 is 1.03 bits per heavy atom. The molecule has 0 heterocycles. The topological polar surface area (TPSA) is 49.4 Å². The van der Waals surface area contributed by atoms with Crippen molar-refractivity contribution >= 4 is 27.7 Å². The minimum atomic E-state index is -0.523. The molecule has 0 unspecified atom stereocenters. The summed E-state index contributed by atoms with van der Waals surface area (Å²) in [6.45, 7) is 8.96. The van der Waals surface area contributed by atoms with Crippen molar-refractivity contribution in [3.05, 3.63) is 69.7 Å². The lowest BCUT2D eigenvalue weighted by atomic mass is 10.00. The SMILES string of the molecule is CCNC(=O)[C@@H](C)N(Cc1cccc(Br)c1)C(=O)CCc1ccc(C(C)C)cc1. The van der Waals surface area contributed by atoms with E-state index in [1.54, 1.807) is 11.8 Å². The summed E-state index contributed by atoms with van der Waals surface area (Å²) in [6.07, 6.45) is 1.03. The number of benzene rings is 2. The quantitative estimate of drug-likeness (QED) is 0.570. The van der Waals surface area contributed by atoms with Crippen molar-refractivity contribution in [2.45, 2.75) is 59.0 Å². The van der Waals surface area contributed by atoms with Gasteiger partial charge in [-0.2, -0.15) is 0 Å². The van der Waals surface area contributed by atoms with E-state index in [0.29, 0.717) is 31.8 Å². The number of rotatable bonds is 9. The fraction of sp³-hybridized carbons (Fsp3) is 0.417. The Labute approximate surface area is 182 Å². The molecule has 29 heavy (non-hydrogen) atoms. The number of halogens is 1. The zero-order valence-corrected chi connectivity index (χ0v) is 19.3. The summed E-state index contributed by atoms with van der Waals surface area (Å²) in [5.74, 6) is 0.345. The van der Waals surface area contributed by atoms with E-state index >= 15 is 0 Å². The van der Waals surface area contributed by atoms with Gasteiger partial charge in [-0.05, 0) is 55.0 Å². The molecule has 2 amide bonds. The van der Waals surface area contributed by atoms with E-state index in [9.17, 15) is 9.59 Å². The average Bonchev–Trinajstić information content (AvgIpc) is 2.70. The van der Waals surface area contributed by atoms with Gasteiger partial charge >= 0.3 is 0 Å². The maximum absolute atomic E-state index is 13.1. The number of nitrogens with zero attached hydrogens (tertiary/aromatic N) is 1. The van der Waals surface area contributed by atoms with Crippen LogP contribution in [-0.4, -0.2) is 29.3 Å². The second-order valence-electron chi connectivity index (χ2n) is 7.62. The lowest BCUT2D eigenvalue weighted by molar-refractivity contribution is -0.140. The lowest BCUT2D eigenvalue weighted by Gasteiger charge is -2.29. The summed E-state index contributed by atoms with van der Waals surface area (Å²) in [5.41, 5.74) is 3.42. The summed E-state index contributed by atoms with van der Waals surface area (Å²) in [6, 6.07) is 15.8. The number of carbonyl (C=O) groups excluding carboxylic acids is 2. The Kier molecular flexibility index (Phi) is 8.90. The number of aryl methyl sites for hydroxylation is 1. The van der Waals surface area contributed by atoms with Gasteiger partial charge in [0.2, 0.25) is 11.8 Å². The lowest BCUT2D eigenvalue weighted by Crippen LogP contribution is -2.47. The second kappa shape index (κ2) is 11.1. The molecule has 1 atom stereocenters. The van der Waals surface area contributed by atoms with Crippen molar-refractivity contribution in [1.82, 2.24) is 10.2 Å². The molecule has 0 aromatic heterocycles. The summed E-state index contributed by atoms with van der Waals surface area (Å²) in [5, 5.41) is 2.83.